The van der Waals surface area contributed by atoms with Gasteiger partial charge in [0.05, 0.1) is 5.69 Å². The normalized spacial score (nSPS) is 18.1. The molecule has 0 aliphatic carbocycles. The largest absolute Gasteiger partial charge is 0.386 e. The Labute approximate surface area is 155 Å². The Kier molecular flexibility index (Phi) is 5.05. The minimum Gasteiger partial charge on any atom is -0.386 e. The van der Waals surface area contributed by atoms with Crippen LogP contribution in [0, 0.1) is 5.82 Å². The van der Waals surface area contributed by atoms with E-state index in [4.69, 9.17) is 4.98 Å². The second-order valence-electron chi connectivity index (χ2n) is 5.89. The molecule has 2 aliphatic rings. The van der Waals surface area contributed by atoms with Gasteiger partial charge in [-0.2, -0.15) is 0 Å². The predicted octanol–water partition coefficient (Wildman–Crippen LogP) is 3.72. The minimum atomic E-state index is -0.217. The molecule has 0 radical (unpaired) electrons. The van der Waals surface area contributed by atoms with Crippen LogP contribution in [-0.4, -0.2) is 42.0 Å². The zero-order valence-electron chi connectivity index (χ0n) is 13.7. The highest BCUT2D eigenvalue weighted by atomic mass is 32.2. The van der Waals surface area contributed by atoms with Gasteiger partial charge in [-0.05, 0) is 42.3 Å². The van der Waals surface area contributed by atoms with Crippen molar-refractivity contribution in [2.75, 3.05) is 37.6 Å². The molecule has 7 heteroatoms. The van der Waals surface area contributed by atoms with Gasteiger partial charge in [0.1, 0.15) is 5.82 Å². The summed E-state index contributed by atoms with van der Waals surface area (Å²) in [5.41, 5.74) is 1.88. The Morgan fingerprint density at radius 3 is 2.64 bits per heavy atom. The first-order chi connectivity index (χ1) is 12.3. The van der Waals surface area contributed by atoms with Gasteiger partial charge in [-0.1, -0.05) is 6.08 Å². The molecule has 0 atom stereocenters. The molecule has 0 bridgehead atoms. The number of thiazole rings is 1. The van der Waals surface area contributed by atoms with E-state index in [9.17, 15) is 4.39 Å². The predicted molar refractivity (Wildman–Crippen MR) is 104 cm³/mol. The lowest BCUT2D eigenvalue weighted by molar-refractivity contribution is 0.431. The molecule has 25 heavy (non-hydrogen) atoms. The van der Waals surface area contributed by atoms with Crippen molar-refractivity contribution >= 4 is 28.4 Å². The van der Waals surface area contributed by atoms with E-state index in [1.807, 2.05) is 17.3 Å². The Morgan fingerprint density at radius 2 is 1.92 bits per heavy atom. The molecule has 0 amide bonds. The van der Waals surface area contributed by atoms with Crippen LogP contribution in [0.4, 0.5) is 9.52 Å². The standard InChI is InChI=1S/C18H19FN4S2/c19-15-5-3-14(4-6-15)17-13-24-18(21-17)22-8-10-23(11-9-22)25-16-2-1-7-20-12-16/h1-6,12-13,20H,7-11H2. The topological polar surface area (TPSA) is 31.4 Å². The average molecular weight is 375 g/mol. The van der Waals surface area contributed by atoms with Crippen LogP contribution in [0.2, 0.25) is 0 Å². The molecule has 1 fully saturated rings. The molecule has 0 unspecified atom stereocenters. The third kappa shape index (κ3) is 4.05. The van der Waals surface area contributed by atoms with E-state index < -0.39 is 0 Å². The van der Waals surface area contributed by atoms with Crippen LogP contribution in [-0.2, 0) is 0 Å². The van der Waals surface area contributed by atoms with Gasteiger partial charge in [-0.25, -0.2) is 13.7 Å². The summed E-state index contributed by atoms with van der Waals surface area (Å²) in [4.78, 5) is 8.33. The third-order valence-corrected chi connectivity index (χ3v) is 6.13. The van der Waals surface area contributed by atoms with Crippen LogP contribution >= 0.6 is 23.3 Å². The summed E-state index contributed by atoms with van der Waals surface area (Å²) in [6, 6.07) is 6.52. The highest BCUT2D eigenvalue weighted by Crippen LogP contribution is 2.30. The SMILES string of the molecule is Fc1ccc(-c2csc(N3CCN(SC4=CNCC=C4)CC3)n2)cc1. The summed E-state index contributed by atoms with van der Waals surface area (Å²) in [7, 11) is 0. The Hall–Kier alpha value is -1.83. The molecule has 4 nitrogen and oxygen atoms in total. The van der Waals surface area contributed by atoms with Crippen molar-refractivity contribution in [3.63, 3.8) is 0 Å². The second kappa shape index (κ2) is 7.59. The number of dihydropyridines is 1. The van der Waals surface area contributed by atoms with Crippen molar-refractivity contribution in [1.29, 1.82) is 0 Å². The number of aromatic nitrogens is 1. The number of rotatable bonds is 4. The zero-order valence-corrected chi connectivity index (χ0v) is 15.3. The van der Waals surface area contributed by atoms with E-state index in [1.54, 1.807) is 23.5 Å². The van der Waals surface area contributed by atoms with Crippen molar-refractivity contribution < 1.29 is 4.39 Å². The Bertz CT molecular complexity index is 777. The smallest absolute Gasteiger partial charge is 0.185 e. The highest BCUT2D eigenvalue weighted by molar-refractivity contribution is 8.01. The quantitative estimate of drug-likeness (QED) is 0.825. The van der Waals surface area contributed by atoms with Gasteiger partial charge in [0.15, 0.2) is 5.13 Å². The van der Waals surface area contributed by atoms with Gasteiger partial charge in [0, 0.05) is 54.8 Å². The molecule has 130 valence electrons. The summed E-state index contributed by atoms with van der Waals surface area (Å²) >= 11 is 3.46. The Morgan fingerprint density at radius 1 is 1.12 bits per heavy atom. The fraction of sp³-hybridized carbons (Fsp3) is 0.278. The fourth-order valence-electron chi connectivity index (χ4n) is 2.79. The van der Waals surface area contributed by atoms with Crippen LogP contribution in [0.1, 0.15) is 0 Å². The molecule has 1 aromatic heterocycles. The maximum atomic E-state index is 13.1. The van der Waals surface area contributed by atoms with E-state index in [-0.39, 0.29) is 5.82 Å². The lowest BCUT2D eigenvalue weighted by Crippen LogP contribution is -2.43. The van der Waals surface area contributed by atoms with Crippen LogP contribution < -0.4 is 10.2 Å². The van der Waals surface area contributed by atoms with E-state index >= 15 is 0 Å². The molecule has 2 aliphatic heterocycles. The Balaban J connectivity index is 1.35. The zero-order chi connectivity index (χ0) is 17.1. The maximum Gasteiger partial charge on any atom is 0.185 e. The monoisotopic (exact) mass is 374 g/mol. The number of hydrogen-bond acceptors (Lipinski definition) is 6. The van der Waals surface area contributed by atoms with Crippen LogP contribution in [0.5, 0.6) is 0 Å². The van der Waals surface area contributed by atoms with Crippen molar-refractivity contribution in [2.24, 2.45) is 0 Å². The van der Waals surface area contributed by atoms with E-state index in [0.29, 0.717) is 0 Å². The molecule has 1 saturated heterocycles. The average Bonchev–Trinajstić information content (AvgIpc) is 3.14. The van der Waals surface area contributed by atoms with E-state index in [0.717, 1.165) is 49.1 Å². The first kappa shape index (κ1) is 16.6. The third-order valence-electron chi connectivity index (χ3n) is 4.14. The number of nitrogens with one attached hydrogen (secondary N) is 1. The summed E-state index contributed by atoms with van der Waals surface area (Å²) in [6.07, 6.45) is 6.39. The number of hydrogen-bond donors (Lipinski definition) is 1. The van der Waals surface area contributed by atoms with Crippen LogP contribution in [0.3, 0.4) is 0 Å². The van der Waals surface area contributed by atoms with Gasteiger partial charge >= 0.3 is 0 Å². The highest BCUT2D eigenvalue weighted by Gasteiger charge is 2.20. The van der Waals surface area contributed by atoms with Crippen molar-refractivity contribution in [3.8, 4) is 11.3 Å². The number of anilines is 1. The molecule has 2 aromatic rings. The summed E-state index contributed by atoms with van der Waals surface area (Å²) in [5, 5.41) is 6.33. The first-order valence-electron chi connectivity index (χ1n) is 8.27. The number of halogens is 1. The maximum absolute atomic E-state index is 13.1. The molecule has 0 saturated carbocycles. The summed E-state index contributed by atoms with van der Waals surface area (Å²) in [5.74, 6) is -0.217. The van der Waals surface area contributed by atoms with Crippen LogP contribution in [0.15, 0.2) is 52.9 Å². The minimum absolute atomic E-state index is 0.217. The molecule has 1 aromatic carbocycles. The number of allylic oxidation sites excluding steroid dienone is 1. The molecular formula is C18H19FN4S2. The van der Waals surface area contributed by atoms with Gasteiger partial charge < -0.3 is 10.2 Å². The lowest BCUT2D eigenvalue weighted by Gasteiger charge is -2.33. The molecule has 4 rings (SSSR count). The van der Waals surface area contributed by atoms with Crippen molar-refractivity contribution in [3.05, 3.63) is 58.7 Å². The van der Waals surface area contributed by atoms with Crippen LogP contribution in [0.25, 0.3) is 11.3 Å². The molecule has 0 spiro atoms. The van der Waals surface area contributed by atoms with Gasteiger partial charge in [-0.3, -0.25) is 0 Å². The van der Waals surface area contributed by atoms with Gasteiger partial charge in [0.2, 0.25) is 0 Å². The second-order valence-corrected chi connectivity index (χ2v) is 7.89. The van der Waals surface area contributed by atoms with Crippen molar-refractivity contribution in [1.82, 2.24) is 14.6 Å². The number of nitrogens with zero attached hydrogens (tertiary/aromatic N) is 3. The lowest BCUT2D eigenvalue weighted by atomic mass is 10.2. The fourth-order valence-corrected chi connectivity index (χ4v) is 4.62. The summed E-state index contributed by atoms with van der Waals surface area (Å²) < 4.78 is 15.5. The van der Waals surface area contributed by atoms with Gasteiger partial charge in [0.25, 0.3) is 0 Å². The van der Waals surface area contributed by atoms with Crippen molar-refractivity contribution in [2.45, 2.75) is 0 Å². The summed E-state index contributed by atoms with van der Waals surface area (Å²) in [6.45, 7) is 4.85. The molecule has 1 N–H and O–H groups in total. The van der Waals surface area contributed by atoms with Gasteiger partial charge in [-0.15, -0.1) is 11.3 Å². The van der Waals surface area contributed by atoms with E-state index in [2.05, 4.69) is 32.9 Å². The molecule has 3 heterocycles. The number of piperazine rings is 1. The van der Waals surface area contributed by atoms with E-state index in [1.165, 1.54) is 17.0 Å². The first-order valence-corrected chi connectivity index (χ1v) is 9.93. The number of benzene rings is 1. The molecular weight excluding hydrogens is 355 g/mol.